The molecule has 2 aromatic heterocycles. The van der Waals surface area contributed by atoms with Crippen molar-refractivity contribution >= 4 is 64.6 Å². The highest BCUT2D eigenvalue weighted by atomic mass is 14.9. The number of rotatable bonds is 5. The molecule has 0 aliphatic heterocycles. The number of nitrogens with zero attached hydrogens (tertiary/aromatic N) is 3. The van der Waals surface area contributed by atoms with Crippen molar-refractivity contribution in [3.63, 3.8) is 0 Å². The van der Waals surface area contributed by atoms with Gasteiger partial charge in [-0.2, -0.15) is 0 Å². The topological polar surface area (TPSA) is 38.7 Å². The Balaban J connectivity index is 1.07. The van der Waals surface area contributed by atoms with Crippen LogP contribution in [0.25, 0.3) is 121 Å². The molecule has 0 fully saturated rings. The Morgan fingerprint density at radius 1 is 0.283 bits per heavy atom. The van der Waals surface area contributed by atoms with E-state index in [0.29, 0.717) is 5.82 Å². The quantitative estimate of drug-likeness (QED) is 0.164. The lowest BCUT2D eigenvalue weighted by atomic mass is 9.89. The van der Waals surface area contributed by atoms with E-state index in [4.69, 9.17) is 9.97 Å². The molecule has 0 saturated heterocycles. The third-order valence-electron chi connectivity index (χ3n) is 12.2. The van der Waals surface area contributed by atoms with E-state index in [-0.39, 0.29) is 0 Å². The van der Waals surface area contributed by atoms with Crippen LogP contribution in [0.15, 0.2) is 213 Å². The fourth-order valence-electron chi connectivity index (χ4n) is 9.30. The molecule has 0 bridgehead atoms. The van der Waals surface area contributed by atoms with Crippen LogP contribution in [-0.2, 0) is 0 Å². The molecule has 0 atom stereocenters. The van der Waals surface area contributed by atoms with Gasteiger partial charge in [0, 0.05) is 29.1 Å². The summed E-state index contributed by atoms with van der Waals surface area (Å²) in [5, 5.41) is 14.7. The number of aromatic nitrogens is 3. The van der Waals surface area contributed by atoms with Crippen molar-refractivity contribution in [2.75, 3.05) is 0 Å². The van der Waals surface area contributed by atoms with Crippen LogP contribution >= 0.6 is 0 Å². The van der Waals surface area contributed by atoms with Crippen LogP contribution in [0.2, 0.25) is 0 Å². The van der Waals surface area contributed by atoms with Gasteiger partial charge in [-0.15, -0.1) is 0 Å². The zero-order valence-electron chi connectivity index (χ0n) is 32.5. The first-order valence-corrected chi connectivity index (χ1v) is 20.4. The number of hydrogen-bond donors (Lipinski definition) is 0. The van der Waals surface area contributed by atoms with Crippen molar-refractivity contribution in [3.8, 4) is 56.2 Å². The summed E-state index contributed by atoms with van der Waals surface area (Å²) in [7, 11) is 0. The van der Waals surface area contributed by atoms with Crippen LogP contribution in [0.3, 0.4) is 0 Å². The minimum Gasteiger partial charge on any atom is -0.264 e. The highest BCUT2D eigenvalue weighted by molar-refractivity contribution is 6.33. The van der Waals surface area contributed by atoms with Crippen LogP contribution in [0.5, 0.6) is 0 Å². The summed E-state index contributed by atoms with van der Waals surface area (Å²) in [4.78, 5) is 15.2. The fourth-order valence-corrected chi connectivity index (χ4v) is 9.30. The summed E-state index contributed by atoms with van der Waals surface area (Å²) < 4.78 is 0. The molecule has 2 heterocycles. The van der Waals surface area contributed by atoms with E-state index in [1.54, 1.807) is 6.20 Å². The van der Waals surface area contributed by atoms with Crippen LogP contribution in [0.1, 0.15) is 0 Å². The van der Waals surface area contributed by atoms with Gasteiger partial charge < -0.3 is 0 Å². The molecule has 12 aromatic rings. The van der Waals surface area contributed by atoms with Gasteiger partial charge >= 0.3 is 0 Å². The van der Waals surface area contributed by atoms with E-state index < -0.39 is 0 Å². The van der Waals surface area contributed by atoms with Gasteiger partial charge in [0.2, 0.25) is 0 Å². The summed E-state index contributed by atoms with van der Waals surface area (Å²) in [5.74, 6) is 0.693. The van der Waals surface area contributed by atoms with Crippen LogP contribution < -0.4 is 0 Å². The normalized spacial score (nSPS) is 11.7. The van der Waals surface area contributed by atoms with E-state index >= 15 is 0 Å². The second-order valence-corrected chi connectivity index (χ2v) is 15.5. The molecule has 0 aliphatic rings. The molecule has 60 heavy (non-hydrogen) atoms. The molecule has 0 amide bonds. The van der Waals surface area contributed by atoms with Crippen molar-refractivity contribution in [1.29, 1.82) is 0 Å². The van der Waals surface area contributed by atoms with Crippen molar-refractivity contribution in [1.82, 2.24) is 15.0 Å². The fraction of sp³-hybridized carbons (Fsp3) is 0. The molecule has 0 radical (unpaired) electrons. The van der Waals surface area contributed by atoms with Crippen LogP contribution in [0, 0.1) is 0 Å². The maximum Gasteiger partial charge on any atom is 0.161 e. The first-order chi connectivity index (χ1) is 29.7. The Hall–Kier alpha value is -8.01. The molecule has 0 saturated carbocycles. The molecule has 12 rings (SSSR count). The summed E-state index contributed by atoms with van der Waals surface area (Å²) in [6, 6.07) is 72.0. The molecular weight excluding hydrogens is 727 g/mol. The van der Waals surface area contributed by atoms with Gasteiger partial charge in [0.05, 0.1) is 11.4 Å². The van der Waals surface area contributed by atoms with E-state index in [0.717, 1.165) is 44.6 Å². The molecule has 3 nitrogen and oxygen atoms in total. The second kappa shape index (κ2) is 13.8. The number of hydrogen-bond acceptors (Lipinski definition) is 3. The Kier molecular flexibility index (Phi) is 7.85. The van der Waals surface area contributed by atoms with Gasteiger partial charge in [0.15, 0.2) is 5.82 Å². The third kappa shape index (κ3) is 5.55. The van der Waals surface area contributed by atoms with Gasteiger partial charge in [0.25, 0.3) is 0 Å². The maximum atomic E-state index is 5.44. The summed E-state index contributed by atoms with van der Waals surface area (Å²) in [6.45, 7) is 0. The molecule has 0 unspecified atom stereocenters. The van der Waals surface area contributed by atoms with Gasteiger partial charge in [0.1, 0.15) is 0 Å². The lowest BCUT2D eigenvalue weighted by Gasteiger charge is -2.16. The van der Waals surface area contributed by atoms with Gasteiger partial charge in [-0.25, -0.2) is 9.97 Å². The summed E-state index contributed by atoms with van der Waals surface area (Å²) in [5.41, 5.74) is 9.37. The SMILES string of the molecule is c1cncc(-c2ccc(-c3cc(-c4ccc(-c5cc6ccccc6c6ccccc56)cc4)nc(-c4cc5c6ccccc6c6ccccc6c5c5ccccc45)n3)cc2)c1. The zero-order valence-corrected chi connectivity index (χ0v) is 32.5. The van der Waals surface area contributed by atoms with Crippen molar-refractivity contribution in [2.45, 2.75) is 0 Å². The molecule has 3 heteroatoms. The summed E-state index contributed by atoms with van der Waals surface area (Å²) >= 11 is 0. The van der Waals surface area contributed by atoms with Gasteiger partial charge in [-0.3, -0.25) is 4.98 Å². The Bertz CT molecular complexity index is 3630. The van der Waals surface area contributed by atoms with Crippen molar-refractivity contribution in [3.05, 3.63) is 213 Å². The molecular formula is C57H35N3. The summed E-state index contributed by atoms with van der Waals surface area (Å²) in [6.07, 6.45) is 3.71. The van der Waals surface area contributed by atoms with E-state index in [2.05, 4.69) is 199 Å². The predicted molar refractivity (Wildman–Crippen MR) is 252 cm³/mol. The molecule has 0 aliphatic carbocycles. The predicted octanol–water partition coefficient (Wildman–Crippen LogP) is 15.1. The van der Waals surface area contributed by atoms with Crippen LogP contribution in [0.4, 0.5) is 0 Å². The molecule has 278 valence electrons. The Morgan fingerprint density at radius 3 is 1.37 bits per heavy atom. The van der Waals surface area contributed by atoms with E-state index in [9.17, 15) is 0 Å². The average Bonchev–Trinajstić information content (AvgIpc) is 3.33. The highest BCUT2D eigenvalue weighted by Gasteiger charge is 2.19. The number of fused-ring (bicyclic) bond motifs is 11. The molecule has 10 aromatic carbocycles. The smallest absolute Gasteiger partial charge is 0.161 e. The van der Waals surface area contributed by atoms with Gasteiger partial charge in [-0.05, 0) is 111 Å². The van der Waals surface area contributed by atoms with E-state index in [1.165, 1.54) is 70.4 Å². The maximum absolute atomic E-state index is 5.44. The Labute approximate surface area is 346 Å². The first-order valence-electron chi connectivity index (χ1n) is 20.4. The zero-order chi connectivity index (χ0) is 39.6. The highest BCUT2D eigenvalue weighted by Crippen LogP contribution is 2.43. The van der Waals surface area contributed by atoms with Crippen LogP contribution in [-0.4, -0.2) is 15.0 Å². The first kappa shape index (κ1) is 34.1. The lowest BCUT2D eigenvalue weighted by molar-refractivity contribution is 1.19. The minimum absolute atomic E-state index is 0.693. The van der Waals surface area contributed by atoms with Crippen molar-refractivity contribution < 1.29 is 0 Å². The van der Waals surface area contributed by atoms with Gasteiger partial charge in [-0.1, -0.05) is 176 Å². The third-order valence-corrected chi connectivity index (χ3v) is 12.2. The largest absolute Gasteiger partial charge is 0.264 e. The second-order valence-electron chi connectivity index (χ2n) is 15.5. The molecule has 0 spiro atoms. The minimum atomic E-state index is 0.693. The monoisotopic (exact) mass is 761 g/mol. The van der Waals surface area contributed by atoms with Crippen molar-refractivity contribution in [2.24, 2.45) is 0 Å². The Morgan fingerprint density at radius 2 is 0.750 bits per heavy atom. The lowest BCUT2D eigenvalue weighted by Crippen LogP contribution is -1.97. The standard InChI is InChI=1S/C57H35N3/c1-2-14-42-40(12-1)32-51(46-18-5-3-15-43(42)46)37-25-29-39(30-26-37)55-34-54(38-27-23-36(24-28-38)41-13-11-31-58-35-41)59-57(60-55)53-33-52-47-19-6-4-16-44(47)45-17-7-9-21-49(45)56(52)50-22-10-8-20-48(50)53/h1-35H. The molecule has 0 N–H and O–H groups in total. The number of pyridine rings is 1. The van der Waals surface area contributed by atoms with E-state index in [1.807, 2.05) is 12.3 Å². The number of benzene rings is 10. The average molecular weight is 762 g/mol.